The first-order valence-electron chi connectivity index (χ1n) is 13.0. The van der Waals surface area contributed by atoms with Crippen molar-refractivity contribution in [2.75, 3.05) is 25.0 Å². The fourth-order valence-corrected chi connectivity index (χ4v) is 5.69. The average Bonchev–Trinajstić information content (AvgIpc) is 3.05. The Labute approximate surface area is 234 Å². The number of carbonyl (C=O) groups excluding carboxylic acids is 3. The molecule has 1 aliphatic rings. The summed E-state index contributed by atoms with van der Waals surface area (Å²) in [5.41, 5.74) is 4.69. The minimum absolute atomic E-state index is 0.164. The van der Waals surface area contributed by atoms with E-state index in [0.29, 0.717) is 0 Å². The number of esters is 1. The summed E-state index contributed by atoms with van der Waals surface area (Å²) >= 11 is 1.52. The maximum atomic E-state index is 14.1. The van der Waals surface area contributed by atoms with Crippen LogP contribution in [0.2, 0.25) is 0 Å². The van der Waals surface area contributed by atoms with Crippen molar-refractivity contribution in [3.05, 3.63) is 95.1 Å². The van der Waals surface area contributed by atoms with E-state index in [4.69, 9.17) is 9.47 Å². The van der Waals surface area contributed by atoms with Gasteiger partial charge in [-0.2, -0.15) is 0 Å². The number of fused-ring (bicyclic) bond motifs is 1. The number of thioether (sulfide) groups is 1. The average molecular weight is 547 g/mol. The van der Waals surface area contributed by atoms with Crippen LogP contribution in [0, 0.1) is 13.8 Å². The van der Waals surface area contributed by atoms with E-state index in [1.165, 1.54) is 16.7 Å². The lowest BCUT2D eigenvalue weighted by Gasteiger charge is -2.29. The predicted octanol–water partition coefficient (Wildman–Crippen LogP) is 6.07. The number of likely N-dealkylation sites (N-methyl/N-ethyl adjacent to an activating group) is 1. The molecule has 3 aromatic rings. The van der Waals surface area contributed by atoms with Gasteiger partial charge in [0.2, 0.25) is 0 Å². The predicted molar refractivity (Wildman–Crippen MR) is 153 cm³/mol. The van der Waals surface area contributed by atoms with Crippen LogP contribution in [0.25, 0.3) is 0 Å². The van der Waals surface area contributed by atoms with Gasteiger partial charge in [0.25, 0.3) is 5.91 Å². The third-order valence-electron chi connectivity index (χ3n) is 6.57. The van der Waals surface area contributed by atoms with Crippen molar-refractivity contribution in [2.45, 2.75) is 50.0 Å². The van der Waals surface area contributed by atoms with E-state index in [2.05, 4.69) is 0 Å². The summed E-state index contributed by atoms with van der Waals surface area (Å²) < 4.78 is 11.3. The van der Waals surface area contributed by atoms with E-state index >= 15 is 0 Å². The molecule has 1 heterocycles. The number of aryl methyl sites for hydroxylation is 2. The largest absolute Gasteiger partial charge is 0.451 e. The quantitative estimate of drug-likeness (QED) is 0.319. The molecular weight excluding hydrogens is 512 g/mol. The van der Waals surface area contributed by atoms with Crippen molar-refractivity contribution < 1.29 is 23.9 Å². The number of hydrogen-bond donors (Lipinski definition) is 0. The van der Waals surface area contributed by atoms with Crippen molar-refractivity contribution in [3.63, 3.8) is 0 Å². The van der Waals surface area contributed by atoms with Gasteiger partial charge in [-0.25, -0.2) is 4.79 Å². The van der Waals surface area contributed by atoms with Gasteiger partial charge in [-0.15, -0.1) is 11.8 Å². The second-order valence-corrected chi connectivity index (χ2v) is 10.8. The van der Waals surface area contributed by atoms with E-state index < -0.39 is 23.4 Å². The summed E-state index contributed by atoms with van der Waals surface area (Å²) in [5, 5.41) is -0.423. The fourth-order valence-electron chi connectivity index (χ4n) is 4.28. The Morgan fingerprint density at radius 2 is 1.67 bits per heavy atom. The maximum absolute atomic E-state index is 14.1. The molecule has 39 heavy (non-hydrogen) atoms. The molecule has 0 unspecified atom stereocenters. The number of anilines is 1. The van der Waals surface area contributed by atoms with E-state index in [9.17, 15) is 14.4 Å². The molecule has 0 fully saturated rings. The molecule has 4 rings (SSSR count). The second-order valence-electron chi connectivity index (χ2n) is 9.64. The topological polar surface area (TPSA) is 76.2 Å². The third kappa shape index (κ3) is 7.00. The minimum Gasteiger partial charge on any atom is -0.451 e. The first-order chi connectivity index (χ1) is 18.8. The molecule has 0 saturated carbocycles. The fraction of sp³-hybridized carbons (Fsp3) is 0.323. The van der Waals surface area contributed by atoms with Crippen LogP contribution in [-0.2, 0) is 25.7 Å². The number of benzene rings is 3. The molecule has 3 aromatic carbocycles. The number of carbonyl (C=O) groups is 3. The van der Waals surface area contributed by atoms with Crippen molar-refractivity contribution in [1.29, 1.82) is 0 Å². The number of amides is 2. The van der Waals surface area contributed by atoms with E-state index in [0.717, 1.165) is 32.8 Å². The number of nitrogens with zero attached hydrogens (tertiary/aromatic N) is 2. The van der Waals surface area contributed by atoms with Crippen LogP contribution < -0.4 is 4.90 Å². The van der Waals surface area contributed by atoms with Crippen molar-refractivity contribution in [3.8, 4) is 0 Å². The molecular formula is C31H34N2O5S. The van der Waals surface area contributed by atoms with Crippen molar-refractivity contribution in [2.24, 2.45) is 0 Å². The standard InChI is InChI=1S/C31H34N2O5S/c1-5-27(34)38-28-29(24-14-11-21(2)12-15-24)39-26-19-22(3)13-16-25(26)33(30(28)35)18-17-32(4)31(36)37-20-23-9-7-6-8-10-23/h6-16,19,28-29H,5,17-18,20H2,1-4H3/t28-,29+/m1/s1. The zero-order valence-electron chi connectivity index (χ0n) is 22.8. The Kier molecular flexibility index (Phi) is 9.30. The molecule has 0 radical (unpaired) electrons. The van der Waals surface area contributed by atoms with E-state index in [-0.39, 0.29) is 32.0 Å². The van der Waals surface area contributed by atoms with Crippen LogP contribution in [-0.4, -0.2) is 49.1 Å². The van der Waals surface area contributed by atoms with Gasteiger partial charge in [-0.1, -0.05) is 73.2 Å². The lowest BCUT2D eigenvalue weighted by atomic mass is 10.0. The molecule has 0 aliphatic carbocycles. The van der Waals surface area contributed by atoms with Crippen LogP contribution >= 0.6 is 11.8 Å². The van der Waals surface area contributed by atoms with Crippen LogP contribution in [0.3, 0.4) is 0 Å². The Bertz CT molecular complexity index is 1310. The van der Waals surface area contributed by atoms with Crippen LogP contribution in [0.1, 0.15) is 40.8 Å². The highest BCUT2D eigenvalue weighted by molar-refractivity contribution is 7.99. The van der Waals surface area contributed by atoms with Gasteiger partial charge in [0.05, 0.1) is 10.9 Å². The molecule has 0 aromatic heterocycles. The molecule has 0 saturated heterocycles. The zero-order valence-corrected chi connectivity index (χ0v) is 23.6. The van der Waals surface area contributed by atoms with Gasteiger partial charge in [-0.05, 0) is 42.7 Å². The summed E-state index contributed by atoms with van der Waals surface area (Å²) in [5.74, 6) is -0.752. The van der Waals surface area contributed by atoms with Crippen molar-refractivity contribution in [1.82, 2.24) is 4.90 Å². The first kappa shape index (κ1) is 28.2. The SMILES string of the molecule is CCC(=O)O[C@H]1C(=O)N(CCN(C)C(=O)OCc2ccccc2)c2ccc(C)cc2S[C@H]1c1ccc(C)cc1. The highest BCUT2D eigenvalue weighted by Gasteiger charge is 2.41. The molecule has 0 spiro atoms. The lowest BCUT2D eigenvalue weighted by Crippen LogP contribution is -2.46. The molecule has 2 amide bonds. The number of rotatable bonds is 8. The highest BCUT2D eigenvalue weighted by Crippen LogP contribution is 2.47. The minimum atomic E-state index is -1.02. The molecule has 204 valence electrons. The lowest BCUT2D eigenvalue weighted by molar-refractivity contribution is -0.154. The molecule has 1 aliphatic heterocycles. The number of ether oxygens (including phenoxy) is 2. The Morgan fingerprint density at radius 3 is 2.36 bits per heavy atom. The van der Waals surface area contributed by atoms with Crippen LogP contribution in [0.15, 0.2) is 77.7 Å². The summed E-state index contributed by atoms with van der Waals surface area (Å²) in [6.07, 6.45) is -1.34. The monoisotopic (exact) mass is 546 g/mol. The summed E-state index contributed by atoms with van der Waals surface area (Å²) in [4.78, 5) is 43.2. The van der Waals surface area contributed by atoms with Gasteiger partial charge in [0.1, 0.15) is 6.61 Å². The first-order valence-corrected chi connectivity index (χ1v) is 13.9. The molecule has 8 heteroatoms. The Hall–Kier alpha value is -3.78. The molecule has 2 atom stereocenters. The zero-order chi connectivity index (χ0) is 27.9. The number of hydrogen-bond acceptors (Lipinski definition) is 6. The normalized spacial score (nSPS) is 16.7. The Balaban J connectivity index is 1.59. The third-order valence-corrected chi connectivity index (χ3v) is 7.93. The summed E-state index contributed by atoms with van der Waals surface area (Å²) in [7, 11) is 1.64. The molecule has 0 N–H and O–H groups in total. The second kappa shape index (κ2) is 12.8. The van der Waals surface area contributed by atoms with E-state index in [1.54, 1.807) is 18.9 Å². The summed E-state index contributed by atoms with van der Waals surface area (Å²) in [6, 6.07) is 23.3. The van der Waals surface area contributed by atoms with Gasteiger partial charge in [0.15, 0.2) is 6.10 Å². The van der Waals surface area contributed by atoms with Crippen LogP contribution in [0.4, 0.5) is 10.5 Å². The van der Waals surface area contributed by atoms with Crippen LogP contribution in [0.5, 0.6) is 0 Å². The van der Waals surface area contributed by atoms with Gasteiger partial charge < -0.3 is 19.3 Å². The van der Waals surface area contributed by atoms with Gasteiger partial charge >= 0.3 is 12.1 Å². The Morgan fingerprint density at radius 1 is 0.974 bits per heavy atom. The van der Waals surface area contributed by atoms with E-state index in [1.807, 2.05) is 86.6 Å². The smallest absolute Gasteiger partial charge is 0.409 e. The summed E-state index contributed by atoms with van der Waals surface area (Å²) in [6.45, 7) is 6.34. The maximum Gasteiger partial charge on any atom is 0.409 e. The highest BCUT2D eigenvalue weighted by atomic mass is 32.2. The molecule has 0 bridgehead atoms. The van der Waals surface area contributed by atoms with Gasteiger partial charge in [0, 0.05) is 31.5 Å². The van der Waals surface area contributed by atoms with Crippen molar-refractivity contribution >= 4 is 35.4 Å². The van der Waals surface area contributed by atoms with Gasteiger partial charge in [-0.3, -0.25) is 9.59 Å². The molecule has 7 nitrogen and oxygen atoms in total.